The van der Waals surface area contributed by atoms with Crippen molar-refractivity contribution >= 4 is 5.91 Å². The summed E-state index contributed by atoms with van der Waals surface area (Å²) in [5.74, 6) is 0.925. The van der Waals surface area contributed by atoms with E-state index < -0.39 is 0 Å². The fourth-order valence-electron chi connectivity index (χ4n) is 2.64. The van der Waals surface area contributed by atoms with Crippen LogP contribution >= 0.6 is 0 Å². The molecule has 1 aliphatic carbocycles. The van der Waals surface area contributed by atoms with Gasteiger partial charge in [-0.25, -0.2) is 4.98 Å². The Hall–Kier alpha value is -2.50. The number of hydrogen-bond acceptors (Lipinski definition) is 4. The fraction of sp³-hybridized carbons (Fsp3) is 0.412. The van der Waals surface area contributed by atoms with E-state index in [9.17, 15) is 9.59 Å². The SMILES string of the molecule is Cc1nc(-c2cccnc2)[nH]c(=O)c1CC(=O)NC(C)C1CC1. The van der Waals surface area contributed by atoms with Crippen molar-refractivity contribution in [1.29, 1.82) is 0 Å². The number of carbonyl (C=O) groups excluding carboxylic acids is 1. The third kappa shape index (κ3) is 3.64. The first-order valence-electron chi connectivity index (χ1n) is 7.84. The predicted octanol–water partition coefficient (Wildman–Crippen LogP) is 1.60. The largest absolute Gasteiger partial charge is 0.353 e. The lowest BCUT2D eigenvalue weighted by Gasteiger charge is -2.13. The standard InChI is InChI=1S/C17H20N4O2/c1-10(12-5-6-12)19-15(22)8-14-11(2)20-16(21-17(14)23)13-4-3-7-18-9-13/h3-4,7,9-10,12H,5-6,8H2,1-2H3,(H,19,22)(H,20,21,23). The number of nitrogens with zero attached hydrogens (tertiary/aromatic N) is 2. The number of pyridine rings is 1. The Balaban J connectivity index is 1.78. The molecule has 0 aliphatic heterocycles. The van der Waals surface area contributed by atoms with E-state index in [1.54, 1.807) is 25.4 Å². The van der Waals surface area contributed by atoms with Crippen molar-refractivity contribution < 1.29 is 4.79 Å². The Morgan fingerprint density at radius 1 is 1.48 bits per heavy atom. The molecule has 0 radical (unpaired) electrons. The zero-order chi connectivity index (χ0) is 16.4. The fourth-order valence-corrected chi connectivity index (χ4v) is 2.64. The number of carbonyl (C=O) groups is 1. The van der Waals surface area contributed by atoms with Gasteiger partial charge in [0.25, 0.3) is 5.56 Å². The van der Waals surface area contributed by atoms with Crippen LogP contribution in [0, 0.1) is 12.8 Å². The maximum atomic E-state index is 12.3. The van der Waals surface area contributed by atoms with Crippen molar-refractivity contribution in [3.8, 4) is 11.4 Å². The molecule has 3 rings (SSSR count). The highest BCUT2D eigenvalue weighted by molar-refractivity contribution is 5.79. The third-order valence-electron chi connectivity index (χ3n) is 4.21. The molecule has 23 heavy (non-hydrogen) atoms. The second-order valence-electron chi connectivity index (χ2n) is 6.09. The number of aromatic amines is 1. The quantitative estimate of drug-likeness (QED) is 0.878. The maximum absolute atomic E-state index is 12.3. The number of nitrogens with one attached hydrogen (secondary N) is 2. The van der Waals surface area contributed by atoms with Gasteiger partial charge in [-0.3, -0.25) is 14.6 Å². The Morgan fingerprint density at radius 3 is 2.87 bits per heavy atom. The Morgan fingerprint density at radius 2 is 2.26 bits per heavy atom. The van der Waals surface area contributed by atoms with E-state index in [4.69, 9.17) is 0 Å². The molecule has 2 aromatic heterocycles. The molecule has 1 amide bonds. The minimum absolute atomic E-state index is 0.0541. The summed E-state index contributed by atoms with van der Waals surface area (Å²) in [6.45, 7) is 3.76. The average molecular weight is 312 g/mol. The normalized spacial score (nSPS) is 15.2. The van der Waals surface area contributed by atoms with Crippen LogP contribution in [0.4, 0.5) is 0 Å². The van der Waals surface area contributed by atoms with E-state index >= 15 is 0 Å². The van der Waals surface area contributed by atoms with Crippen LogP contribution in [0.1, 0.15) is 31.0 Å². The average Bonchev–Trinajstić information content (AvgIpc) is 3.36. The first kappa shape index (κ1) is 15.4. The summed E-state index contributed by atoms with van der Waals surface area (Å²) in [7, 11) is 0. The molecule has 2 heterocycles. The monoisotopic (exact) mass is 312 g/mol. The van der Waals surface area contributed by atoms with Gasteiger partial charge < -0.3 is 10.3 Å². The second-order valence-corrected chi connectivity index (χ2v) is 6.09. The lowest BCUT2D eigenvalue weighted by molar-refractivity contribution is -0.121. The van der Waals surface area contributed by atoms with Crippen LogP contribution in [0.3, 0.4) is 0 Å². The van der Waals surface area contributed by atoms with Crippen LogP contribution in [-0.4, -0.2) is 26.9 Å². The van der Waals surface area contributed by atoms with Crippen LogP contribution in [0.2, 0.25) is 0 Å². The van der Waals surface area contributed by atoms with Gasteiger partial charge in [0, 0.05) is 35.3 Å². The maximum Gasteiger partial charge on any atom is 0.255 e. The van der Waals surface area contributed by atoms with Crippen molar-refractivity contribution in [3.05, 3.63) is 46.1 Å². The summed E-state index contributed by atoms with van der Waals surface area (Å²) < 4.78 is 0. The Bertz CT molecular complexity index is 766. The molecule has 1 aliphatic rings. The summed E-state index contributed by atoms with van der Waals surface area (Å²) in [6, 6.07) is 3.78. The van der Waals surface area contributed by atoms with E-state index in [1.165, 1.54) is 12.8 Å². The molecule has 1 unspecified atom stereocenters. The topological polar surface area (TPSA) is 87.7 Å². The van der Waals surface area contributed by atoms with E-state index in [0.717, 1.165) is 5.56 Å². The van der Waals surface area contributed by atoms with Crippen LogP contribution in [0.5, 0.6) is 0 Å². The third-order valence-corrected chi connectivity index (χ3v) is 4.21. The van der Waals surface area contributed by atoms with E-state index in [1.807, 2.05) is 13.0 Å². The number of amides is 1. The van der Waals surface area contributed by atoms with Gasteiger partial charge in [0.05, 0.1) is 6.42 Å². The van der Waals surface area contributed by atoms with Crippen LogP contribution < -0.4 is 10.9 Å². The van der Waals surface area contributed by atoms with Crippen molar-refractivity contribution in [3.63, 3.8) is 0 Å². The molecule has 0 aromatic carbocycles. The number of aromatic nitrogens is 3. The molecule has 0 bridgehead atoms. The zero-order valence-corrected chi connectivity index (χ0v) is 13.3. The Labute approximate surface area is 134 Å². The highest BCUT2D eigenvalue weighted by Crippen LogP contribution is 2.32. The smallest absolute Gasteiger partial charge is 0.255 e. The van der Waals surface area contributed by atoms with Gasteiger partial charge in [-0.05, 0) is 44.7 Å². The highest BCUT2D eigenvalue weighted by atomic mass is 16.2. The summed E-state index contributed by atoms with van der Waals surface area (Å²) >= 11 is 0. The minimum Gasteiger partial charge on any atom is -0.353 e. The van der Waals surface area contributed by atoms with Gasteiger partial charge in [0.15, 0.2) is 0 Å². The van der Waals surface area contributed by atoms with Crippen molar-refractivity contribution in [2.45, 2.75) is 39.2 Å². The molecular weight excluding hydrogens is 292 g/mol. The molecule has 2 aromatic rings. The molecule has 0 saturated heterocycles. The van der Waals surface area contributed by atoms with Gasteiger partial charge in [-0.2, -0.15) is 0 Å². The van der Waals surface area contributed by atoms with Crippen LogP contribution in [0.15, 0.2) is 29.3 Å². The highest BCUT2D eigenvalue weighted by Gasteiger charge is 2.29. The van der Waals surface area contributed by atoms with Crippen molar-refractivity contribution in [1.82, 2.24) is 20.3 Å². The Kier molecular flexibility index (Phi) is 4.23. The number of rotatable bonds is 5. The molecule has 6 heteroatoms. The van der Waals surface area contributed by atoms with Gasteiger partial charge in [0.2, 0.25) is 5.91 Å². The lowest BCUT2D eigenvalue weighted by Crippen LogP contribution is -2.36. The molecule has 0 spiro atoms. The van der Waals surface area contributed by atoms with E-state index in [0.29, 0.717) is 23.0 Å². The van der Waals surface area contributed by atoms with Gasteiger partial charge in [0.1, 0.15) is 5.82 Å². The molecule has 1 atom stereocenters. The molecular formula is C17H20N4O2. The number of H-pyrrole nitrogens is 1. The van der Waals surface area contributed by atoms with Crippen molar-refractivity contribution in [2.75, 3.05) is 0 Å². The molecule has 6 nitrogen and oxygen atoms in total. The van der Waals surface area contributed by atoms with Gasteiger partial charge in [-0.1, -0.05) is 0 Å². The second kappa shape index (κ2) is 6.32. The molecule has 2 N–H and O–H groups in total. The van der Waals surface area contributed by atoms with Crippen LogP contribution in [0.25, 0.3) is 11.4 Å². The summed E-state index contributed by atoms with van der Waals surface area (Å²) in [5.41, 5.74) is 1.46. The van der Waals surface area contributed by atoms with Crippen LogP contribution in [-0.2, 0) is 11.2 Å². The van der Waals surface area contributed by atoms with E-state index in [-0.39, 0.29) is 23.9 Å². The lowest BCUT2D eigenvalue weighted by atomic mass is 10.1. The number of hydrogen-bond donors (Lipinski definition) is 2. The zero-order valence-electron chi connectivity index (χ0n) is 13.3. The van der Waals surface area contributed by atoms with Crippen molar-refractivity contribution in [2.24, 2.45) is 5.92 Å². The van der Waals surface area contributed by atoms with Gasteiger partial charge >= 0.3 is 0 Å². The molecule has 1 saturated carbocycles. The summed E-state index contributed by atoms with van der Waals surface area (Å²) in [4.78, 5) is 35.6. The van der Waals surface area contributed by atoms with Gasteiger partial charge in [-0.15, -0.1) is 0 Å². The number of aryl methyl sites for hydroxylation is 1. The first-order chi connectivity index (χ1) is 11.0. The molecule has 120 valence electrons. The first-order valence-corrected chi connectivity index (χ1v) is 7.84. The molecule has 1 fully saturated rings. The van der Waals surface area contributed by atoms with E-state index in [2.05, 4.69) is 20.3 Å². The minimum atomic E-state index is -0.273. The summed E-state index contributed by atoms with van der Waals surface area (Å²) in [5, 5.41) is 2.96. The summed E-state index contributed by atoms with van der Waals surface area (Å²) in [6.07, 6.45) is 5.69. The predicted molar refractivity (Wildman–Crippen MR) is 86.9 cm³/mol.